The zero-order valence-electron chi connectivity index (χ0n) is 24.9. The van der Waals surface area contributed by atoms with Crippen molar-refractivity contribution in [3.8, 4) is 16.9 Å². The van der Waals surface area contributed by atoms with Gasteiger partial charge >= 0.3 is 5.69 Å². The van der Waals surface area contributed by atoms with E-state index in [2.05, 4.69) is 26.9 Å². The van der Waals surface area contributed by atoms with Crippen molar-refractivity contribution in [1.82, 2.24) is 34.4 Å². The zero-order chi connectivity index (χ0) is 31.6. The minimum atomic E-state index is -0.803. The lowest BCUT2D eigenvalue weighted by Crippen LogP contribution is -2.54. The maximum Gasteiger partial charge on any atom is 0.355 e. The van der Waals surface area contributed by atoms with Crippen molar-refractivity contribution in [2.24, 2.45) is 10.9 Å². The van der Waals surface area contributed by atoms with E-state index >= 15 is 8.78 Å². The van der Waals surface area contributed by atoms with Crippen molar-refractivity contribution >= 4 is 34.7 Å². The van der Waals surface area contributed by atoms with Crippen LogP contribution < -0.4 is 10.6 Å². The fourth-order valence-electron chi connectivity index (χ4n) is 6.33. The molecule has 1 aromatic carbocycles. The topological polar surface area (TPSA) is 114 Å². The number of pyridine rings is 1. The molecule has 4 bridgehead atoms. The van der Waals surface area contributed by atoms with Gasteiger partial charge in [0.2, 0.25) is 5.91 Å². The van der Waals surface area contributed by atoms with Crippen molar-refractivity contribution in [3.05, 3.63) is 88.8 Å². The number of aromatic nitrogens is 6. The minimum absolute atomic E-state index is 0.0985. The molecule has 6 heterocycles. The average Bonchev–Trinajstić information content (AvgIpc) is 3.39. The molecular formula is C32H29F2N9O2. The van der Waals surface area contributed by atoms with Crippen LogP contribution in [-0.4, -0.2) is 72.2 Å². The Hall–Kier alpha value is -5.33. The molecule has 1 saturated heterocycles. The average molecular weight is 610 g/mol. The van der Waals surface area contributed by atoms with Crippen molar-refractivity contribution in [1.29, 1.82) is 0 Å². The molecule has 11 nitrogen and oxygen atoms in total. The largest absolute Gasteiger partial charge is 0.355 e. The maximum absolute atomic E-state index is 16.3. The second kappa shape index (κ2) is 10.7. The van der Waals surface area contributed by atoms with Crippen LogP contribution in [0, 0.1) is 17.6 Å². The molecule has 2 atom stereocenters. The van der Waals surface area contributed by atoms with Crippen molar-refractivity contribution in [2.45, 2.75) is 32.7 Å². The second-order valence-electron chi connectivity index (χ2n) is 11.6. The molecule has 13 heteroatoms. The number of carbonyl (C=O) groups is 1. The van der Waals surface area contributed by atoms with E-state index in [1.54, 1.807) is 29.5 Å². The molecule has 3 aliphatic heterocycles. The number of rotatable bonds is 3. The summed E-state index contributed by atoms with van der Waals surface area (Å²) in [5, 5.41) is 8.94. The third kappa shape index (κ3) is 4.49. The first-order valence-corrected chi connectivity index (χ1v) is 14.7. The summed E-state index contributed by atoms with van der Waals surface area (Å²) in [6.45, 7) is 10.4. The summed E-state index contributed by atoms with van der Waals surface area (Å²) in [6.07, 6.45) is 8.17. The summed E-state index contributed by atoms with van der Waals surface area (Å²) in [5.41, 5.74) is 0.764. The first-order valence-electron chi connectivity index (χ1n) is 14.7. The lowest BCUT2D eigenvalue weighted by molar-refractivity contribution is -0.126. The van der Waals surface area contributed by atoms with Gasteiger partial charge in [-0.15, -0.1) is 5.10 Å². The highest BCUT2D eigenvalue weighted by Gasteiger charge is 2.34. The van der Waals surface area contributed by atoms with Crippen LogP contribution in [0.15, 0.2) is 70.8 Å². The Kier molecular flexibility index (Phi) is 6.75. The SMILES string of the molecule is C=CC(=O)N1CCN(c2nc(=O)n3c4nc(c(F)cc24)-c2c(F)cccc2-n2cc(nn2)C2C=CC=NC(C(C)C)=C23)[C@@H](C)C1. The summed E-state index contributed by atoms with van der Waals surface area (Å²) in [7, 11) is 0. The number of hydrogen-bond donors (Lipinski definition) is 0. The molecule has 1 amide bonds. The van der Waals surface area contributed by atoms with E-state index in [1.807, 2.05) is 31.7 Å². The van der Waals surface area contributed by atoms with Gasteiger partial charge in [-0.05, 0) is 43.2 Å². The smallest absolute Gasteiger partial charge is 0.350 e. The van der Waals surface area contributed by atoms with E-state index in [4.69, 9.17) is 4.98 Å². The van der Waals surface area contributed by atoms with E-state index in [9.17, 15) is 9.59 Å². The van der Waals surface area contributed by atoms with Crippen molar-refractivity contribution in [3.63, 3.8) is 0 Å². The molecule has 1 unspecified atom stereocenters. The number of carbonyl (C=O) groups excluding carboxylic acids is 1. The Morgan fingerprint density at radius 2 is 1.98 bits per heavy atom. The van der Waals surface area contributed by atoms with Crippen molar-refractivity contribution in [2.75, 3.05) is 24.5 Å². The summed E-state index contributed by atoms with van der Waals surface area (Å²) in [5.74, 6) is -2.25. The van der Waals surface area contributed by atoms with E-state index < -0.39 is 23.2 Å². The molecular weight excluding hydrogens is 580 g/mol. The van der Waals surface area contributed by atoms with Crippen LogP contribution in [0.4, 0.5) is 14.6 Å². The molecule has 0 spiro atoms. The van der Waals surface area contributed by atoms with Gasteiger partial charge in [-0.25, -0.2) is 27.8 Å². The molecule has 0 N–H and O–H groups in total. The number of piperazine rings is 1. The Morgan fingerprint density at radius 3 is 2.73 bits per heavy atom. The number of hydrogen-bond acceptors (Lipinski definition) is 8. The predicted octanol–water partition coefficient (Wildman–Crippen LogP) is 4.10. The van der Waals surface area contributed by atoms with Gasteiger partial charge in [-0.1, -0.05) is 37.8 Å². The molecule has 45 heavy (non-hydrogen) atoms. The maximum atomic E-state index is 16.3. The lowest BCUT2D eigenvalue weighted by Gasteiger charge is -2.40. The number of aliphatic imine (C=N–C) groups is 1. The van der Waals surface area contributed by atoms with Gasteiger partial charge in [0.05, 0.1) is 45.8 Å². The highest BCUT2D eigenvalue weighted by molar-refractivity contribution is 5.93. The van der Waals surface area contributed by atoms with Crippen LogP contribution in [0.5, 0.6) is 0 Å². The Balaban J connectivity index is 1.59. The van der Waals surface area contributed by atoms with Crippen LogP contribution in [0.1, 0.15) is 32.4 Å². The predicted molar refractivity (Wildman–Crippen MR) is 166 cm³/mol. The first-order chi connectivity index (χ1) is 21.7. The standard InChI is InChI=1S/C32H29F2N9O2/c1-5-25(44)40-12-13-41(18(4)15-40)30-20-14-22(34)28-26-21(33)9-6-10-24(26)42-16-23(38-39-42)19-8-7-11-35-27(17(2)3)29(19)43(31(20)36-28)32(45)37-30/h5-11,14,16-19H,1,12-13,15H2,2-4H3/t18-,19?/m0/s1. The second-order valence-corrected chi connectivity index (χ2v) is 11.6. The molecule has 4 aromatic rings. The van der Waals surface area contributed by atoms with Crippen LogP contribution in [0.3, 0.4) is 0 Å². The molecule has 228 valence electrons. The number of anilines is 1. The third-order valence-corrected chi connectivity index (χ3v) is 8.44. The number of allylic oxidation sites excluding steroid dienone is 4. The molecule has 7 rings (SSSR count). The minimum Gasteiger partial charge on any atom is -0.350 e. The van der Waals surface area contributed by atoms with Gasteiger partial charge in [0.1, 0.15) is 17.3 Å². The highest BCUT2D eigenvalue weighted by atomic mass is 19.1. The molecule has 1 fully saturated rings. The molecule has 0 aliphatic carbocycles. The quantitative estimate of drug-likeness (QED) is 0.321. The van der Waals surface area contributed by atoms with E-state index in [-0.39, 0.29) is 51.7 Å². The summed E-state index contributed by atoms with van der Waals surface area (Å²) < 4.78 is 34.7. The monoisotopic (exact) mass is 609 g/mol. The van der Waals surface area contributed by atoms with Gasteiger partial charge in [-0.2, -0.15) is 4.98 Å². The van der Waals surface area contributed by atoms with E-state index in [1.165, 1.54) is 33.5 Å². The Labute approximate surface area is 256 Å². The fourth-order valence-corrected chi connectivity index (χ4v) is 6.33. The number of nitrogens with zero attached hydrogens (tertiary/aromatic N) is 9. The number of halogens is 2. The Bertz CT molecular complexity index is 2060. The van der Waals surface area contributed by atoms with Gasteiger partial charge in [0.25, 0.3) is 0 Å². The summed E-state index contributed by atoms with van der Waals surface area (Å²) in [4.78, 5) is 44.1. The lowest BCUT2D eigenvalue weighted by atomic mass is 9.95. The number of amides is 1. The number of benzene rings is 1. The Morgan fingerprint density at radius 1 is 1.16 bits per heavy atom. The number of fused-ring (bicyclic) bond motifs is 9. The van der Waals surface area contributed by atoms with Gasteiger partial charge < -0.3 is 9.80 Å². The highest BCUT2D eigenvalue weighted by Crippen LogP contribution is 2.40. The van der Waals surface area contributed by atoms with Crippen molar-refractivity contribution < 1.29 is 13.6 Å². The molecule has 3 aliphatic rings. The molecule has 0 radical (unpaired) electrons. The molecule has 0 saturated carbocycles. The van der Waals surface area contributed by atoms with Crippen LogP contribution in [0.25, 0.3) is 33.7 Å². The van der Waals surface area contributed by atoms with E-state index in [0.29, 0.717) is 36.7 Å². The van der Waals surface area contributed by atoms with Crippen LogP contribution >= 0.6 is 0 Å². The van der Waals surface area contributed by atoms with Gasteiger partial charge in [0, 0.05) is 31.9 Å². The van der Waals surface area contributed by atoms with Gasteiger partial charge in [-0.3, -0.25) is 9.79 Å². The van der Waals surface area contributed by atoms with E-state index in [0.717, 1.165) is 0 Å². The van der Waals surface area contributed by atoms with Crippen LogP contribution in [-0.2, 0) is 4.79 Å². The summed E-state index contributed by atoms with van der Waals surface area (Å²) >= 11 is 0. The summed E-state index contributed by atoms with van der Waals surface area (Å²) in [6, 6.07) is 5.32. The first kappa shape index (κ1) is 28.4. The zero-order valence-corrected chi connectivity index (χ0v) is 24.9. The fraction of sp³-hybridized carbons (Fsp3) is 0.281. The van der Waals surface area contributed by atoms with Gasteiger partial charge in [0.15, 0.2) is 11.5 Å². The third-order valence-electron chi connectivity index (χ3n) is 8.44. The van der Waals surface area contributed by atoms with Crippen LogP contribution in [0.2, 0.25) is 0 Å². The normalized spacial score (nSPS) is 19.1. The molecule has 3 aromatic heterocycles.